The molecule has 0 aliphatic carbocycles. The molecule has 0 bridgehead atoms. The van der Waals surface area contributed by atoms with Crippen LogP contribution in [0.1, 0.15) is 36.5 Å². The first kappa shape index (κ1) is 14.3. The minimum absolute atomic E-state index is 0.146. The number of imide groups is 1. The van der Waals surface area contributed by atoms with Crippen LogP contribution in [0.15, 0.2) is 12.3 Å². The first-order chi connectivity index (χ1) is 9.02. The highest BCUT2D eigenvalue weighted by molar-refractivity contribution is 6.35. The van der Waals surface area contributed by atoms with Crippen molar-refractivity contribution in [1.29, 1.82) is 0 Å². The Kier molecular flexibility index (Phi) is 4.42. The molecule has 1 aliphatic rings. The number of pyridine rings is 1. The molecule has 0 N–H and O–H groups in total. The van der Waals surface area contributed by atoms with E-state index >= 15 is 0 Å². The lowest BCUT2D eigenvalue weighted by atomic mass is 10.0. The summed E-state index contributed by atoms with van der Waals surface area (Å²) >= 11 is 11.7. The molecule has 1 aromatic rings. The van der Waals surface area contributed by atoms with Crippen molar-refractivity contribution in [3.05, 3.63) is 28.0 Å². The highest BCUT2D eigenvalue weighted by atomic mass is 35.5. The van der Waals surface area contributed by atoms with Crippen LogP contribution in [0.3, 0.4) is 0 Å². The number of aromatic nitrogens is 1. The van der Waals surface area contributed by atoms with E-state index in [0.29, 0.717) is 13.0 Å². The molecule has 1 saturated heterocycles. The number of amides is 2. The van der Waals surface area contributed by atoms with Gasteiger partial charge in [-0.2, -0.15) is 0 Å². The summed E-state index contributed by atoms with van der Waals surface area (Å²) in [6.07, 6.45) is 3.69. The first-order valence-corrected chi connectivity index (χ1v) is 6.94. The highest BCUT2D eigenvalue weighted by Crippen LogP contribution is 2.26. The van der Waals surface area contributed by atoms with E-state index < -0.39 is 5.91 Å². The van der Waals surface area contributed by atoms with Crippen LogP contribution in [0.25, 0.3) is 0 Å². The highest BCUT2D eigenvalue weighted by Gasteiger charge is 2.34. The SMILES string of the molecule is CCCC1CC(=O)N(C(=O)c2cc(Cl)ncc2Cl)C1. The predicted molar refractivity (Wildman–Crippen MR) is 73.3 cm³/mol. The molecular formula is C13H14Cl2N2O2. The van der Waals surface area contributed by atoms with Crippen LogP contribution in [0.2, 0.25) is 10.2 Å². The minimum atomic E-state index is -0.391. The molecule has 2 heterocycles. The van der Waals surface area contributed by atoms with E-state index in [-0.39, 0.29) is 27.6 Å². The molecule has 19 heavy (non-hydrogen) atoms. The van der Waals surface area contributed by atoms with Gasteiger partial charge in [-0.15, -0.1) is 0 Å². The summed E-state index contributed by atoms with van der Waals surface area (Å²) < 4.78 is 0. The van der Waals surface area contributed by atoms with Crippen LogP contribution in [0.5, 0.6) is 0 Å². The minimum Gasteiger partial charge on any atom is -0.278 e. The maximum absolute atomic E-state index is 12.3. The van der Waals surface area contributed by atoms with E-state index in [1.165, 1.54) is 17.2 Å². The molecular weight excluding hydrogens is 287 g/mol. The first-order valence-electron chi connectivity index (χ1n) is 6.18. The van der Waals surface area contributed by atoms with Gasteiger partial charge in [-0.1, -0.05) is 36.5 Å². The second-order valence-corrected chi connectivity index (χ2v) is 5.45. The summed E-state index contributed by atoms with van der Waals surface area (Å²) in [5.74, 6) is -0.289. The van der Waals surface area contributed by atoms with Crippen LogP contribution >= 0.6 is 23.2 Å². The molecule has 0 spiro atoms. The summed E-state index contributed by atoms with van der Waals surface area (Å²) in [7, 11) is 0. The average molecular weight is 301 g/mol. The van der Waals surface area contributed by atoms with Crippen molar-refractivity contribution >= 4 is 35.0 Å². The predicted octanol–water partition coefficient (Wildman–Crippen LogP) is 3.18. The summed E-state index contributed by atoms with van der Waals surface area (Å²) in [6.45, 7) is 2.52. The van der Waals surface area contributed by atoms with Crippen LogP contribution in [0.4, 0.5) is 0 Å². The van der Waals surface area contributed by atoms with Gasteiger partial charge in [-0.25, -0.2) is 4.98 Å². The Hall–Kier alpha value is -1.13. The van der Waals surface area contributed by atoms with Crippen molar-refractivity contribution in [3.63, 3.8) is 0 Å². The van der Waals surface area contributed by atoms with Gasteiger partial charge in [0.1, 0.15) is 5.15 Å². The summed E-state index contributed by atoms with van der Waals surface area (Å²) in [6, 6.07) is 1.40. The lowest BCUT2D eigenvalue weighted by Crippen LogP contribution is -2.32. The fraction of sp³-hybridized carbons (Fsp3) is 0.462. The Morgan fingerprint density at radius 2 is 2.26 bits per heavy atom. The lowest BCUT2D eigenvalue weighted by Gasteiger charge is -2.15. The number of rotatable bonds is 3. The Morgan fingerprint density at radius 1 is 1.53 bits per heavy atom. The molecule has 1 atom stereocenters. The van der Waals surface area contributed by atoms with Gasteiger partial charge in [0.2, 0.25) is 5.91 Å². The van der Waals surface area contributed by atoms with Crippen LogP contribution < -0.4 is 0 Å². The van der Waals surface area contributed by atoms with Gasteiger partial charge in [0.05, 0.1) is 10.6 Å². The standard InChI is InChI=1S/C13H14Cl2N2O2/c1-2-3-8-4-12(18)17(7-8)13(19)9-5-11(15)16-6-10(9)14/h5-6,8H,2-4,7H2,1H3. The summed E-state index contributed by atoms with van der Waals surface area (Å²) in [5.41, 5.74) is 0.229. The number of hydrogen-bond donors (Lipinski definition) is 0. The van der Waals surface area contributed by atoms with Crippen molar-refractivity contribution in [2.24, 2.45) is 5.92 Å². The van der Waals surface area contributed by atoms with Crippen LogP contribution in [-0.2, 0) is 4.79 Å². The van der Waals surface area contributed by atoms with E-state index in [0.717, 1.165) is 12.8 Å². The fourth-order valence-corrected chi connectivity index (χ4v) is 2.64. The van der Waals surface area contributed by atoms with Crippen molar-refractivity contribution in [1.82, 2.24) is 9.88 Å². The van der Waals surface area contributed by atoms with E-state index in [2.05, 4.69) is 11.9 Å². The Balaban J connectivity index is 2.20. The van der Waals surface area contributed by atoms with E-state index in [1.54, 1.807) is 0 Å². The molecule has 1 fully saturated rings. The monoisotopic (exact) mass is 300 g/mol. The normalized spacial score (nSPS) is 19.0. The number of hydrogen-bond acceptors (Lipinski definition) is 3. The van der Waals surface area contributed by atoms with Gasteiger partial charge in [0.25, 0.3) is 5.91 Å². The largest absolute Gasteiger partial charge is 0.278 e. The average Bonchev–Trinajstić information content (AvgIpc) is 2.73. The van der Waals surface area contributed by atoms with Crippen LogP contribution in [0, 0.1) is 5.92 Å². The summed E-state index contributed by atoms with van der Waals surface area (Å²) in [4.78, 5) is 29.2. The molecule has 6 heteroatoms. The zero-order chi connectivity index (χ0) is 14.0. The van der Waals surface area contributed by atoms with Gasteiger partial charge < -0.3 is 0 Å². The van der Waals surface area contributed by atoms with Gasteiger partial charge in [-0.3, -0.25) is 14.5 Å². The Labute approximate surface area is 121 Å². The molecule has 1 aromatic heterocycles. The third-order valence-corrected chi connectivity index (χ3v) is 3.71. The van der Waals surface area contributed by atoms with Crippen LogP contribution in [-0.4, -0.2) is 28.2 Å². The number of nitrogens with zero attached hydrogens (tertiary/aromatic N) is 2. The van der Waals surface area contributed by atoms with Crippen molar-refractivity contribution < 1.29 is 9.59 Å². The van der Waals surface area contributed by atoms with Crippen molar-refractivity contribution in [2.45, 2.75) is 26.2 Å². The lowest BCUT2D eigenvalue weighted by molar-refractivity contribution is -0.125. The van der Waals surface area contributed by atoms with Gasteiger partial charge in [0.15, 0.2) is 0 Å². The Bertz CT molecular complexity index is 519. The Morgan fingerprint density at radius 3 is 2.95 bits per heavy atom. The number of halogens is 2. The van der Waals surface area contributed by atoms with Crippen molar-refractivity contribution in [3.8, 4) is 0 Å². The molecule has 4 nitrogen and oxygen atoms in total. The molecule has 1 aliphatic heterocycles. The van der Waals surface area contributed by atoms with Gasteiger partial charge in [-0.05, 0) is 18.4 Å². The maximum atomic E-state index is 12.3. The van der Waals surface area contributed by atoms with Crippen molar-refractivity contribution in [2.75, 3.05) is 6.54 Å². The zero-order valence-electron chi connectivity index (χ0n) is 10.5. The summed E-state index contributed by atoms with van der Waals surface area (Å²) in [5, 5.41) is 0.394. The molecule has 0 saturated carbocycles. The quantitative estimate of drug-likeness (QED) is 0.636. The number of carbonyl (C=O) groups excluding carboxylic acids is 2. The molecule has 0 radical (unpaired) electrons. The van der Waals surface area contributed by atoms with Gasteiger partial charge in [0, 0.05) is 19.2 Å². The maximum Gasteiger partial charge on any atom is 0.262 e. The third-order valence-electron chi connectivity index (χ3n) is 3.20. The van der Waals surface area contributed by atoms with E-state index in [9.17, 15) is 9.59 Å². The smallest absolute Gasteiger partial charge is 0.262 e. The molecule has 1 unspecified atom stereocenters. The molecule has 2 rings (SSSR count). The third kappa shape index (κ3) is 3.07. The van der Waals surface area contributed by atoms with E-state index in [4.69, 9.17) is 23.2 Å². The van der Waals surface area contributed by atoms with Gasteiger partial charge >= 0.3 is 0 Å². The number of likely N-dealkylation sites (tertiary alicyclic amines) is 1. The van der Waals surface area contributed by atoms with E-state index in [1.807, 2.05) is 0 Å². The number of carbonyl (C=O) groups is 2. The molecule has 0 aromatic carbocycles. The topological polar surface area (TPSA) is 50.3 Å². The second-order valence-electron chi connectivity index (χ2n) is 4.66. The second kappa shape index (κ2) is 5.88. The molecule has 102 valence electrons. The zero-order valence-corrected chi connectivity index (χ0v) is 12.0. The molecule has 2 amide bonds. The fourth-order valence-electron chi connectivity index (χ4n) is 2.30.